The van der Waals surface area contributed by atoms with Gasteiger partial charge in [-0.3, -0.25) is 4.57 Å². The van der Waals surface area contributed by atoms with E-state index in [1.165, 1.54) is 38.0 Å². The van der Waals surface area contributed by atoms with Gasteiger partial charge < -0.3 is 9.30 Å². The number of rotatable bonds is 2. The van der Waals surface area contributed by atoms with E-state index in [0.29, 0.717) is 5.95 Å². The lowest BCUT2D eigenvalue weighted by atomic mass is 10.0. The molecule has 0 atom stereocenters. The second-order valence-corrected chi connectivity index (χ2v) is 12.2. The highest BCUT2D eigenvalue weighted by Gasteiger charge is 2.26. The van der Waals surface area contributed by atoms with Crippen LogP contribution < -0.4 is 4.74 Å². The molecular weight excluding hydrogens is 576 g/mol. The molecule has 0 saturated carbocycles. The van der Waals surface area contributed by atoms with Gasteiger partial charge in [0.15, 0.2) is 0 Å². The molecule has 1 aliphatic rings. The fourth-order valence-electron chi connectivity index (χ4n) is 7.77. The lowest BCUT2D eigenvalue weighted by Crippen LogP contribution is -2.06. The molecule has 4 heterocycles. The molecule has 0 aliphatic carbocycles. The van der Waals surface area contributed by atoms with Crippen LogP contribution in [0.5, 0.6) is 11.5 Å². The van der Waals surface area contributed by atoms with Gasteiger partial charge in [0.25, 0.3) is 0 Å². The van der Waals surface area contributed by atoms with Gasteiger partial charge in [0.1, 0.15) is 11.5 Å². The van der Waals surface area contributed by atoms with E-state index in [4.69, 9.17) is 14.7 Å². The van der Waals surface area contributed by atoms with Gasteiger partial charge in [0.05, 0.1) is 44.4 Å². The molecule has 0 unspecified atom stereocenters. The molecule has 218 valence electrons. The molecule has 47 heavy (non-hydrogen) atoms. The molecule has 0 radical (unpaired) electrons. The van der Waals surface area contributed by atoms with Gasteiger partial charge in [-0.1, -0.05) is 97.1 Å². The van der Waals surface area contributed by atoms with E-state index in [1.807, 2.05) is 30.3 Å². The van der Waals surface area contributed by atoms with Crippen molar-refractivity contribution in [1.82, 2.24) is 19.1 Å². The minimum atomic E-state index is 0.639. The predicted octanol–water partition coefficient (Wildman–Crippen LogP) is 10.7. The van der Waals surface area contributed by atoms with Crippen LogP contribution in [0.15, 0.2) is 146 Å². The van der Waals surface area contributed by atoms with Crippen molar-refractivity contribution in [2.75, 3.05) is 0 Å². The van der Waals surface area contributed by atoms with Gasteiger partial charge in [-0.2, -0.15) is 0 Å². The second kappa shape index (κ2) is 9.05. The maximum atomic E-state index is 6.29. The predicted molar refractivity (Wildman–Crippen MR) is 191 cm³/mol. The molecule has 11 rings (SSSR count). The van der Waals surface area contributed by atoms with E-state index in [2.05, 4.69) is 124 Å². The molecule has 7 aromatic carbocycles. The zero-order valence-electron chi connectivity index (χ0n) is 25.1. The van der Waals surface area contributed by atoms with Crippen LogP contribution in [-0.4, -0.2) is 19.1 Å². The number of nitrogens with zero attached hydrogens (tertiary/aromatic N) is 4. The highest BCUT2D eigenvalue weighted by Crippen LogP contribution is 2.46. The summed E-state index contributed by atoms with van der Waals surface area (Å²) in [7, 11) is 0. The first-order valence-corrected chi connectivity index (χ1v) is 15.9. The maximum Gasteiger partial charge on any atom is 0.235 e. The third-order valence-electron chi connectivity index (χ3n) is 9.71. The van der Waals surface area contributed by atoms with E-state index in [1.54, 1.807) is 0 Å². The Morgan fingerprint density at radius 2 is 1.15 bits per heavy atom. The zero-order valence-corrected chi connectivity index (χ0v) is 25.1. The maximum absolute atomic E-state index is 6.29. The molecule has 0 N–H and O–H groups in total. The van der Waals surface area contributed by atoms with Gasteiger partial charge in [0.2, 0.25) is 5.95 Å². The molecule has 5 heteroatoms. The SMILES string of the molecule is c1ccc2c(c1)Oc1cccc3nc(-n4c5ccccc5c5c4ccc4c6ccccc6n(-c6cccc7ccccc67)c45)nc-2c13. The Balaban J connectivity index is 1.31. The standard InChI is InChI=1S/C42H24N4O/c1-2-13-26-25(11-1)12-9-20-32(26)45-33-18-6-3-14-27(33)28-23-24-35-38(41(28)45)29-15-4-7-19-34(29)46(35)42-43-31-17-10-22-37-39(31)40(44-42)30-16-5-8-21-36(30)47-37/h1-24H. The summed E-state index contributed by atoms with van der Waals surface area (Å²) in [5.41, 5.74) is 8.36. The van der Waals surface area contributed by atoms with E-state index in [-0.39, 0.29) is 0 Å². The largest absolute Gasteiger partial charge is 0.456 e. The van der Waals surface area contributed by atoms with Crippen molar-refractivity contribution in [3.05, 3.63) is 146 Å². The Kier molecular flexibility index (Phi) is 4.78. The van der Waals surface area contributed by atoms with Crippen LogP contribution in [0, 0.1) is 0 Å². The van der Waals surface area contributed by atoms with E-state index in [0.717, 1.165) is 55.8 Å². The van der Waals surface area contributed by atoms with Crippen LogP contribution >= 0.6 is 0 Å². The monoisotopic (exact) mass is 600 g/mol. The number of fused-ring (bicyclic) bond motifs is 10. The second-order valence-electron chi connectivity index (χ2n) is 12.2. The average Bonchev–Trinajstić information content (AvgIpc) is 3.64. The van der Waals surface area contributed by atoms with Crippen molar-refractivity contribution < 1.29 is 4.74 Å². The molecule has 0 spiro atoms. The summed E-state index contributed by atoms with van der Waals surface area (Å²) in [6.45, 7) is 0. The van der Waals surface area contributed by atoms with Crippen molar-refractivity contribution in [3.8, 4) is 34.4 Å². The summed E-state index contributed by atoms with van der Waals surface area (Å²) in [5, 5.41) is 8.15. The van der Waals surface area contributed by atoms with Gasteiger partial charge in [-0.25, -0.2) is 9.97 Å². The topological polar surface area (TPSA) is 44.9 Å². The van der Waals surface area contributed by atoms with E-state index in [9.17, 15) is 0 Å². The molecule has 0 fully saturated rings. The van der Waals surface area contributed by atoms with E-state index < -0.39 is 0 Å². The molecule has 5 nitrogen and oxygen atoms in total. The van der Waals surface area contributed by atoms with Crippen LogP contribution in [0.2, 0.25) is 0 Å². The summed E-state index contributed by atoms with van der Waals surface area (Å²) in [5.74, 6) is 2.23. The summed E-state index contributed by atoms with van der Waals surface area (Å²) in [6, 6.07) is 51.3. The third-order valence-corrected chi connectivity index (χ3v) is 9.71. The minimum Gasteiger partial charge on any atom is -0.456 e. The molecule has 0 saturated heterocycles. The third kappa shape index (κ3) is 3.27. The minimum absolute atomic E-state index is 0.639. The highest BCUT2D eigenvalue weighted by molar-refractivity contribution is 6.26. The van der Waals surface area contributed by atoms with Crippen molar-refractivity contribution >= 4 is 65.3 Å². The van der Waals surface area contributed by atoms with Crippen LogP contribution in [0.1, 0.15) is 0 Å². The Morgan fingerprint density at radius 1 is 0.447 bits per heavy atom. The van der Waals surface area contributed by atoms with E-state index >= 15 is 0 Å². The Labute approximate surface area is 268 Å². The first-order chi connectivity index (χ1) is 23.3. The number of para-hydroxylation sites is 3. The quantitative estimate of drug-likeness (QED) is 0.198. The first kappa shape index (κ1) is 24.8. The molecule has 0 amide bonds. The number of ether oxygens (including phenoxy) is 1. The lowest BCUT2D eigenvalue weighted by molar-refractivity contribution is 0.486. The Hall–Kier alpha value is -6.46. The van der Waals surface area contributed by atoms with Crippen LogP contribution in [-0.2, 0) is 0 Å². The summed E-state index contributed by atoms with van der Waals surface area (Å²) < 4.78 is 11.0. The summed E-state index contributed by atoms with van der Waals surface area (Å²) in [4.78, 5) is 10.5. The normalized spacial score (nSPS) is 12.4. The van der Waals surface area contributed by atoms with Gasteiger partial charge >= 0.3 is 0 Å². The fourth-order valence-corrected chi connectivity index (χ4v) is 7.77. The highest BCUT2D eigenvalue weighted by atomic mass is 16.5. The number of hydrogen-bond acceptors (Lipinski definition) is 3. The number of benzene rings is 7. The van der Waals surface area contributed by atoms with Crippen LogP contribution in [0.3, 0.4) is 0 Å². The van der Waals surface area contributed by atoms with Crippen molar-refractivity contribution in [2.24, 2.45) is 0 Å². The van der Waals surface area contributed by atoms with Gasteiger partial charge in [-0.05, 0) is 53.9 Å². The fraction of sp³-hybridized carbons (Fsp3) is 0. The lowest BCUT2D eigenvalue weighted by Gasteiger charge is -2.20. The van der Waals surface area contributed by atoms with Crippen molar-refractivity contribution in [2.45, 2.75) is 0 Å². The molecule has 3 aromatic heterocycles. The Morgan fingerprint density at radius 3 is 2.06 bits per heavy atom. The summed E-state index contributed by atoms with van der Waals surface area (Å²) in [6.07, 6.45) is 0. The molecule has 10 aromatic rings. The zero-order chi connectivity index (χ0) is 30.6. The summed E-state index contributed by atoms with van der Waals surface area (Å²) >= 11 is 0. The molecule has 0 bridgehead atoms. The van der Waals surface area contributed by atoms with Crippen LogP contribution in [0.25, 0.3) is 88.2 Å². The molecule has 1 aliphatic heterocycles. The Bertz CT molecular complexity index is 2940. The number of hydrogen-bond donors (Lipinski definition) is 0. The van der Waals surface area contributed by atoms with Crippen LogP contribution in [0.4, 0.5) is 0 Å². The molecular formula is C42H24N4O. The first-order valence-electron chi connectivity index (χ1n) is 15.9. The smallest absolute Gasteiger partial charge is 0.235 e. The average molecular weight is 601 g/mol. The number of aromatic nitrogens is 4. The van der Waals surface area contributed by atoms with Gasteiger partial charge in [0, 0.05) is 32.5 Å². The van der Waals surface area contributed by atoms with Crippen molar-refractivity contribution in [3.63, 3.8) is 0 Å². The van der Waals surface area contributed by atoms with Crippen molar-refractivity contribution in [1.29, 1.82) is 0 Å². The van der Waals surface area contributed by atoms with Gasteiger partial charge in [-0.15, -0.1) is 0 Å².